The highest BCUT2D eigenvalue weighted by molar-refractivity contribution is 9.10. The molecule has 0 fully saturated rings. The summed E-state index contributed by atoms with van der Waals surface area (Å²) >= 11 is 3.39. The fraction of sp³-hybridized carbons (Fsp3) is 0.667. The minimum Gasteiger partial charge on any atom is -0.361 e. The van der Waals surface area contributed by atoms with Gasteiger partial charge < -0.3 is 9.64 Å². The number of fused-ring (bicyclic) bond motifs is 1. The molecule has 1 amide bonds. The Kier molecular flexibility index (Phi) is 4.17. The molecule has 1 aliphatic heterocycles. The van der Waals surface area contributed by atoms with Crippen LogP contribution in [0.1, 0.15) is 16.2 Å². The number of nitrogens with zero attached hydrogens (tertiary/aromatic N) is 3. The molecule has 5 nitrogen and oxygen atoms in total. The van der Waals surface area contributed by atoms with Crippen LogP contribution in [0.25, 0.3) is 0 Å². The molecule has 2 heterocycles. The number of halogens is 1. The molecule has 0 aliphatic carbocycles. The van der Waals surface area contributed by atoms with E-state index in [0.717, 1.165) is 18.3 Å². The van der Waals surface area contributed by atoms with E-state index in [2.05, 4.69) is 40.6 Å². The maximum absolute atomic E-state index is 12.0. The second-order valence-electron chi connectivity index (χ2n) is 6.11. The molecule has 1 aliphatic rings. The van der Waals surface area contributed by atoms with Gasteiger partial charge in [0.1, 0.15) is 12.4 Å². The average Bonchev–Trinajstić information content (AvgIpc) is 2.71. The fourth-order valence-electron chi connectivity index (χ4n) is 1.95. The van der Waals surface area contributed by atoms with Crippen LogP contribution in [0.15, 0.2) is 4.73 Å². The summed E-state index contributed by atoms with van der Waals surface area (Å²) < 4.78 is 8.18. The first kappa shape index (κ1) is 14.7. The quantitative estimate of drug-likeness (QED) is 0.608. The number of hydrogen-bond acceptors (Lipinski definition) is 3. The van der Waals surface area contributed by atoms with Crippen LogP contribution in [-0.4, -0.2) is 42.1 Å². The number of carbonyl (C=O) groups excluding carboxylic acids is 1. The van der Waals surface area contributed by atoms with Crippen LogP contribution < -0.4 is 0 Å². The molecule has 0 bridgehead atoms. The molecule has 0 saturated carbocycles. The standard InChI is InChI=1S/C12H20BrN3O2Si/c1-15-7-9-10(11(15)17)16(12(13)14-9)8-18-5-6-19(2,3)4/h5-8H2,1-4H3. The van der Waals surface area contributed by atoms with E-state index in [1.54, 1.807) is 11.9 Å². The molecular weight excluding hydrogens is 326 g/mol. The lowest BCUT2D eigenvalue weighted by atomic mass is 10.4. The highest BCUT2D eigenvalue weighted by Gasteiger charge is 2.31. The third kappa shape index (κ3) is 3.27. The number of aromatic nitrogens is 2. The van der Waals surface area contributed by atoms with Gasteiger partial charge in [0.05, 0.1) is 12.2 Å². The van der Waals surface area contributed by atoms with Crippen LogP contribution in [0.4, 0.5) is 0 Å². The molecular formula is C12H20BrN3O2Si. The first-order valence-electron chi connectivity index (χ1n) is 6.38. The maximum atomic E-state index is 12.0. The third-order valence-corrected chi connectivity index (χ3v) is 5.46. The lowest BCUT2D eigenvalue weighted by Crippen LogP contribution is -2.23. The van der Waals surface area contributed by atoms with Gasteiger partial charge in [0.2, 0.25) is 0 Å². The Hall–Kier alpha value is -0.663. The van der Waals surface area contributed by atoms with E-state index in [-0.39, 0.29) is 5.91 Å². The maximum Gasteiger partial charge on any atom is 0.272 e. The molecule has 0 N–H and O–H groups in total. The summed E-state index contributed by atoms with van der Waals surface area (Å²) in [6, 6.07) is 1.12. The topological polar surface area (TPSA) is 47.4 Å². The predicted octanol–water partition coefficient (Wildman–Crippen LogP) is 2.54. The van der Waals surface area contributed by atoms with Crippen LogP contribution >= 0.6 is 15.9 Å². The van der Waals surface area contributed by atoms with Crippen molar-refractivity contribution in [1.82, 2.24) is 14.5 Å². The van der Waals surface area contributed by atoms with Gasteiger partial charge in [-0.2, -0.15) is 0 Å². The van der Waals surface area contributed by atoms with Crippen LogP contribution in [0.3, 0.4) is 0 Å². The van der Waals surface area contributed by atoms with Crippen LogP contribution in [0.5, 0.6) is 0 Å². The van der Waals surface area contributed by atoms with E-state index in [1.807, 2.05) is 4.57 Å². The van der Waals surface area contributed by atoms with Crippen molar-refractivity contribution in [3.8, 4) is 0 Å². The molecule has 106 valence electrons. The highest BCUT2D eigenvalue weighted by Crippen LogP contribution is 2.25. The summed E-state index contributed by atoms with van der Waals surface area (Å²) in [6.07, 6.45) is 0. The minimum atomic E-state index is -1.07. The summed E-state index contributed by atoms with van der Waals surface area (Å²) in [5, 5.41) is 0. The third-order valence-electron chi connectivity index (χ3n) is 3.15. The van der Waals surface area contributed by atoms with E-state index in [4.69, 9.17) is 4.74 Å². The zero-order valence-corrected chi connectivity index (χ0v) is 14.5. The Bertz CT molecular complexity index is 496. The molecule has 1 aromatic heterocycles. The second kappa shape index (κ2) is 5.38. The second-order valence-corrected chi connectivity index (χ2v) is 12.4. The Morgan fingerprint density at radius 1 is 1.42 bits per heavy atom. The molecule has 0 spiro atoms. The zero-order chi connectivity index (χ0) is 14.2. The summed E-state index contributed by atoms with van der Waals surface area (Å²) in [5.74, 6) is 0.0157. The van der Waals surface area contributed by atoms with Gasteiger partial charge >= 0.3 is 0 Å². The van der Waals surface area contributed by atoms with Crippen molar-refractivity contribution in [3.05, 3.63) is 16.1 Å². The molecule has 0 unspecified atom stereocenters. The van der Waals surface area contributed by atoms with Gasteiger partial charge in [-0.25, -0.2) is 4.98 Å². The highest BCUT2D eigenvalue weighted by atomic mass is 79.9. The summed E-state index contributed by atoms with van der Waals surface area (Å²) in [4.78, 5) is 18.1. The first-order chi connectivity index (χ1) is 8.79. The predicted molar refractivity (Wildman–Crippen MR) is 79.8 cm³/mol. The molecule has 0 radical (unpaired) electrons. The number of ether oxygens (including phenoxy) is 1. The van der Waals surface area contributed by atoms with Crippen molar-refractivity contribution >= 4 is 29.9 Å². The van der Waals surface area contributed by atoms with Crippen molar-refractivity contribution in [2.45, 2.75) is 39.0 Å². The van der Waals surface area contributed by atoms with Crippen LogP contribution in [0, 0.1) is 0 Å². The molecule has 0 saturated heterocycles. The average molecular weight is 346 g/mol. The number of rotatable bonds is 5. The Balaban J connectivity index is 2.00. The Morgan fingerprint density at radius 2 is 2.11 bits per heavy atom. The van der Waals surface area contributed by atoms with E-state index in [1.165, 1.54) is 0 Å². The van der Waals surface area contributed by atoms with Gasteiger partial charge in [0, 0.05) is 21.7 Å². The lowest BCUT2D eigenvalue weighted by Gasteiger charge is -2.16. The first-order valence-corrected chi connectivity index (χ1v) is 10.9. The Labute approximate surface area is 123 Å². The SMILES string of the molecule is CN1Cc2nc(Br)n(COCC[Si](C)(C)C)c2C1=O. The molecule has 7 heteroatoms. The number of hydrogen-bond donors (Lipinski definition) is 0. The van der Waals surface area contributed by atoms with Gasteiger partial charge in [0.25, 0.3) is 5.91 Å². The van der Waals surface area contributed by atoms with Gasteiger partial charge in [-0.3, -0.25) is 9.36 Å². The summed E-state index contributed by atoms with van der Waals surface area (Å²) in [7, 11) is 0.711. The normalized spacial score (nSPS) is 15.2. The number of imidazole rings is 1. The monoisotopic (exact) mass is 345 g/mol. The van der Waals surface area contributed by atoms with Crippen molar-refractivity contribution in [2.24, 2.45) is 0 Å². The lowest BCUT2D eigenvalue weighted by molar-refractivity contribution is 0.0716. The van der Waals surface area contributed by atoms with Crippen molar-refractivity contribution in [1.29, 1.82) is 0 Å². The number of amides is 1. The van der Waals surface area contributed by atoms with E-state index < -0.39 is 8.07 Å². The van der Waals surface area contributed by atoms with Gasteiger partial charge in [-0.05, 0) is 22.0 Å². The minimum absolute atomic E-state index is 0.0157. The van der Waals surface area contributed by atoms with Crippen LogP contribution in [0.2, 0.25) is 25.7 Å². The van der Waals surface area contributed by atoms with E-state index in [9.17, 15) is 4.79 Å². The van der Waals surface area contributed by atoms with Gasteiger partial charge in [-0.15, -0.1) is 0 Å². The molecule has 0 atom stereocenters. The summed E-state index contributed by atoms with van der Waals surface area (Å²) in [5.41, 5.74) is 1.48. The number of carbonyl (C=O) groups is 1. The Morgan fingerprint density at radius 3 is 2.74 bits per heavy atom. The van der Waals surface area contributed by atoms with Crippen LogP contribution in [-0.2, 0) is 18.0 Å². The van der Waals surface area contributed by atoms with Gasteiger partial charge in [0.15, 0.2) is 4.73 Å². The van der Waals surface area contributed by atoms with Crippen molar-refractivity contribution < 1.29 is 9.53 Å². The van der Waals surface area contributed by atoms with E-state index >= 15 is 0 Å². The zero-order valence-electron chi connectivity index (χ0n) is 11.9. The molecule has 1 aromatic rings. The summed E-state index contributed by atoms with van der Waals surface area (Å²) in [6.45, 7) is 8.65. The smallest absolute Gasteiger partial charge is 0.272 e. The fourth-order valence-corrected chi connectivity index (χ4v) is 3.20. The van der Waals surface area contributed by atoms with Crippen molar-refractivity contribution in [2.75, 3.05) is 13.7 Å². The molecule has 0 aromatic carbocycles. The van der Waals surface area contributed by atoms with E-state index in [0.29, 0.717) is 23.7 Å². The van der Waals surface area contributed by atoms with Gasteiger partial charge in [-0.1, -0.05) is 19.6 Å². The van der Waals surface area contributed by atoms with Crippen molar-refractivity contribution in [3.63, 3.8) is 0 Å². The largest absolute Gasteiger partial charge is 0.361 e. The molecule has 19 heavy (non-hydrogen) atoms. The molecule has 2 rings (SSSR count).